The van der Waals surface area contributed by atoms with Crippen molar-refractivity contribution < 1.29 is 4.42 Å². The Hall–Kier alpha value is -6.98. The van der Waals surface area contributed by atoms with E-state index in [2.05, 4.69) is 160 Å². The Balaban J connectivity index is 1.04. The molecule has 4 aromatic heterocycles. The molecule has 0 bridgehead atoms. The monoisotopic (exact) mass is 652 g/mol. The lowest BCUT2D eigenvalue weighted by Gasteiger charge is -2.10. The van der Waals surface area contributed by atoms with Gasteiger partial charge in [-0.1, -0.05) is 97.1 Å². The third-order valence-electron chi connectivity index (χ3n) is 10.3. The van der Waals surface area contributed by atoms with Gasteiger partial charge in [0.2, 0.25) is 5.71 Å². The first-order valence-electron chi connectivity index (χ1n) is 17.2. The average Bonchev–Trinajstić information content (AvgIpc) is 3.85. The summed E-state index contributed by atoms with van der Waals surface area (Å²) in [6, 6.07) is 58.4. The molecule has 0 saturated carbocycles. The lowest BCUT2D eigenvalue weighted by atomic mass is 10.0. The second kappa shape index (κ2) is 10.8. The van der Waals surface area contributed by atoms with Crippen LogP contribution in [0.15, 0.2) is 175 Å². The van der Waals surface area contributed by atoms with E-state index in [1.807, 2.05) is 18.2 Å². The number of nitrogens with zero attached hydrogens (tertiary/aromatic N) is 4. The maximum absolute atomic E-state index is 6.04. The zero-order chi connectivity index (χ0) is 33.5. The molecular weight excluding hydrogens is 625 g/mol. The van der Waals surface area contributed by atoms with Crippen LogP contribution in [0.5, 0.6) is 0 Å². The van der Waals surface area contributed by atoms with Crippen LogP contribution < -0.4 is 0 Å². The summed E-state index contributed by atoms with van der Waals surface area (Å²) < 4.78 is 10.8. The predicted molar refractivity (Wildman–Crippen MR) is 209 cm³/mol. The van der Waals surface area contributed by atoms with Crippen molar-refractivity contribution in [1.82, 2.24) is 19.1 Å². The first-order valence-corrected chi connectivity index (χ1v) is 17.2. The molecule has 0 N–H and O–H groups in total. The van der Waals surface area contributed by atoms with Crippen molar-refractivity contribution in [2.75, 3.05) is 0 Å². The molecule has 0 atom stereocenters. The Kier molecular flexibility index (Phi) is 5.89. The number of rotatable bonds is 4. The van der Waals surface area contributed by atoms with Crippen molar-refractivity contribution >= 4 is 65.7 Å². The lowest BCUT2D eigenvalue weighted by Crippen LogP contribution is -1.94. The molecule has 0 unspecified atom stereocenters. The molecule has 51 heavy (non-hydrogen) atoms. The standard InChI is InChI=1S/C46H28N4O/c1-2-10-32(11-3-1)49-39-15-7-4-12-34(39)37-26-30(20-24-41(37)49)31-21-25-42-38(27-31)35-13-5-8-16-40(35)50(42)33-22-18-29(19-23-33)45-44-36-14-6-9-17-43(36)51-46(44)48-28-47-45/h1-28H. The summed E-state index contributed by atoms with van der Waals surface area (Å²) in [4.78, 5) is 9.12. The Bertz CT molecular complexity index is 3130. The van der Waals surface area contributed by atoms with Gasteiger partial charge in [-0.3, -0.25) is 0 Å². The smallest absolute Gasteiger partial charge is 0.230 e. The van der Waals surface area contributed by atoms with Crippen LogP contribution in [0.2, 0.25) is 0 Å². The topological polar surface area (TPSA) is 48.8 Å². The Morgan fingerprint density at radius 2 is 0.902 bits per heavy atom. The predicted octanol–water partition coefficient (Wildman–Crippen LogP) is 11.9. The van der Waals surface area contributed by atoms with Gasteiger partial charge >= 0.3 is 0 Å². The van der Waals surface area contributed by atoms with E-state index in [9.17, 15) is 0 Å². The zero-order valence-electron chi connectivity index (χ0n) is 27.4. The van der Waals surface area contributed by atoms with Gasteiger partial charge in [0.1, 0.15) is 11.9 Å². The van der Waals surface area contributed by atoms with Crippen LogP contribution in [-0.4, -0.2) is 19.1 Å². The second-order valence-corrected chi connectivity index (χ2v) is 13.1. The number of hydrogen-bond donors (Lipinski definition) is 0. The van der Waals surface area contributed by atoms with E-state index in [4.69, 9.17) is 9.40 Å². The largest absolute Gasteiger partial charge is 0.438 e. The van der Waals surface area contributed by atoms with Gasteiger partial charge in [0.15, 0.2) is 0 Å². The minimum absolute atomic E-state index is 0.601. The van der Waals surface area contributed by atoms with Gasteiger partial charge < -0.3 is 13.6 Å². The molecule has 0 amide bonds. The first kappa shape index (κ1) is 27.9. The number of benzene rings is 7. The summed E-state index contributed by atoms with van der Waals surface area (Å²) in [5, 5.41) is 6.91. The molecule has 5 nitrogen and oxygen atoms in total. The summed E-state index contributed by atoms with van der Waals surface area (Å²) in [5.41, 5.74) is 12.7. The summed E-state index contributed by atoms with van der Waals surface area (Å²) in [7, 11) is 0. The molecular formula is C46H28N4O. The molecule has 11 aromatic rings. The molecule has 5 heteroatoms. The van der Waals surface area contributed by atoms with Crippen molar-refractivity contribution in [3.8, 4) is 33.8 Å². The summed E-state index contributed by atoms with van der Waals surface area (Å²) in [5.74, 6) is 0. The molecule has 11 rings (SSSR count). The number of fused-ring (bicyclic) bond motifs is 9. The van der Waals surface area contributed by atoms with Crippen LogP contribution in [0.1, 0.15) is 0 Å². The van der Waals surface area contributed by atoms with E-state index in [-0.39, 0.29) is 0 Å². The second-order valence-electron chi connectivity index (χ2n) is 13.1. The van der Waals surface area contributed by atoms with E-state index >= 15 is 0 Å². The van der Waals surface area contributed by atoms with E-state index in [0.717, 1.165) is 33.3 Å². The van der Waals surface area contributed by atoms with E-state index in [1.165, 1.54) is 60.4 Å². The highest BCUT2D eigenvalue weighted by Crippen LogP contribution is 2.39. The quantitative estimate of drug-likeness (QED) is 0.190. The van der Waals surface area contributed by atoms with Gasteiger partial charge in [0.25, 0.3) is 0 Å². The zero-order valence-corrected chi connectivity index (χ0v) is 27.4. The summed E-state index contributed by atoms with van der Waals surface area (Å²) in [6.45, 7) is 0. The van der Waals surface area contributed by atoms with Gasteiger partial charge in [0.05, 0.1) is 33.1 Å². The third kappa shape index (κ3) is 4.15. The van der Waals surface area contributed by atoms with Gasteiger partial charge in [-0.2, -0.15) is 0 Å². The number of aromatic nitrogens is 4. The molecule has 0 fully saturated rings. The fourth-order valence-electron chi connectivity index (χ4n) is 7.98. The van der Waals surface area contributed by atoms with Gasteiger partial charge in [-0.15, -0.1) is 0 Å². The van der Waals surface area contributed by atoms with Crippen molar-refractivity contribution in [3.05, 3.63) is 170 Å². The Labute approximate surface area is 292 Å². The highest BCUT2D eigenvalue weighted by Gasteiger charge is 2.18. The fraction of sp³-hybridized carbons (Fsp3) is 0. The number of furan rings is 1. The van der Waals surface area contributed by atoms with Crippen LogP contribution in [0, 0.1) is 0 Å². The normalized spacial score (nSPS) is 11.9. The Morgan fingerprint density at radius 3 is 1.55 bits per heavy atom. The summed E-state index contributed by atoms with van der Waals surface area (Å²) in [6.07, 6.45) is 1.58. The highest BCUT2D eigenvalue weighted by molar-refractivity contribution is 6.13. The maximum Gasteiger partial charge on any atom is 0.230 e. The van der Waals surface area contributed by atoms with Crippen molar-refractivity contribution in [1.29, 1.82) is 0 Å². The van der Waals surface area contributed by atoms with Gasteiger partial charge in [0, 0.05) is 43.9 Å². The lowest BCUT2D eigenvalue weighted by molar-refractivity contribution is 0.653. The molecule has 0 aliphatic rings. The highest BCUT2D eigenvalue weighted by atomic mass is 16.3. The molecule has 7 aromatic carbocycles. The van der Waals surface area contributed by atoms with Crippen LogP contribution >= 0.6 is 0 Å². The number of hydrogen-bond acceptors (Lipinski definition) is 3. The molecule has 0 radical (unpaired) electrons. The van der Waals surface area contributed by atoms with Gasteiger partial charge in [-0.25, -0.2) is 9.97 Å². The first-order chi connectivity index (χ1) is 25.3. The van der Waals surface area contributed by atoms with Crippen molar-refractivity contribution in [2.45, 2.75) is 0 Å². The number of para-hydroxylation sites is 4. The molecule has 0 spiro atoms. The average molecular weight is 653 g/mol. The van der Waals surface area contributed by atoms with Crippen LogP contribution in [-0.2, 0) is 0 Å². The Morgan fingerprint density at radius 1 is 0.392 bits per heavy atom. The van der Waals surface area contributed by atoms with E-state index in [1.54, 1.807) is 6.33 Å². The SMILES string of the molecule is c1ccc(-n2c3ccccc3c3cc(-c4ccc5c(c4)c4ccccc4n5-c4ccc(-c5ncnc6oc7ccccc7c56)cc4)ccc32)cc1. The van der Waals surface area contributed by atoms with Crippen molar-refractivity contribution in [2.24, 2.45) is 0 Å². The maximum atomic E-state index is 6.04. The van der Waals surface area contributed by atoms with Crippen molar-refractivity contribution in [3.63, 3.8) is 0 Å². The molecule has 238 valence electrons. The van der Waals surface area contributed by atoms with E-state index in [0.29, 0.717) is 5.71 Å². The molecule has 4 heterocycles. The van der Waals surface area contributed by atoms with E-state index < -0.39 is 0 Å². The molecule has 0 saturated heterocycles. The van der Waals surface area contributed by atoms with Crippen LogP contribution in [0.25, 0.3) is 99.4 Å². The minimum Gasteiger partial charge on any atom is -0.438 e. The molecule has 0 aliphatic heterocycles. The minimum atomic E-state index is 0.601. The molecule has 0 aliphatic carbocycles. The summed E-state index contributed by atoms with van der Waals surface area (Å²) >= 11 is 0. The van der Waals surface area contributed by atoms with Crippen LogP contribution in [0.3, 0.4) is 0 Å². The third-order valence-corrected chi connectivity index (χ3v) is 10.3. The van der Waals surface area contributed by atoms with Crippen LogP contribution in [0.4, 0.5) is 0 Å². The fourth-order valence-corrected chi connectivity index (χ4v) is 7.98. The van der Waals surface area contributed by atoms with Gasteiger partial charge in [-0.05, 0) is 77.9 Å².